The highest BCUT2D eigenvalue weighted by atomic mass is 32.2. The molecule has 0 aromatic heterocycles. The lowest BCUT2D eigenvalue weighted by Crippen LogP contribution is -2.39. The summed E-state index contributed by atoms with van der Waals surface area (Å²) in [5.74, 6) is 0.139. The quantitative estimate of drug-likeness (QED) is 0.560. The minimum absolute atomic E-state index is 0.139. The maximum atomic E-state index is 11.1. The molecule has 0 saturated carbocycles. The minimum atomic E-state index is -3.21. The fourth-order valence-corrected chi connectivity index (χ4v) is 2.60. The van der Waals surface area contributed by atoms with Crippen LogP contribution < -0.4 is 0 Å². The molecule has 0 spiro atoms. The van der Waals surface area contributed by atoms with Crippen molar-refractivity contribution in [2.45, 2.75) is 31.1 Å². The number of aliphatic hydroxyl groups is 1. The van der Waals surface area contributed by atoms with Crippen LogP contribution in [0.2, 0.25) is 0 Å². The summed E-state index contributed by atoms with van der Waals surface area (Å²) in [5, 5.41) is 9.31. The molecule has 1 rings (SSSR count). The highest BCUT2D eigenvalue weighted by Crippen LogP contribution is 2.27. The second kappa shape index (κ2) is 2.20. The van der Waals surface area contributed by atoms with Crippen molar-refractivity contribution in [1.29, 1.82) is 0 Å². The van der Waals surface area contributed by atoms with E-state index in [4.69, 9.17) is 0 Å². The minimum Gasteiger partial charge on any atom is -0.375 e. The summed E-state index contributed by atoms with van der Waals surface area (Å²) in [6, 6.07) is 0. The number of hydrogen-bond acceptors (Lipinski definition) is 3. The first-order chi connectivity index (χ1) is 4.46. The van der Waals surface area contributed by atoms with Gasteiger partial charge in [0, 0.05) is 0 Å². The Hall–Kier alpha value is -0.0900. The molecule has 1 heterocycles. The van der Waals surface area contributed by atoms with Gasteiger partial charge < -0.3 is 5.11 Å². The second-order valence-electron chi connectivity index (χ2n) is 2.95. The fraction of sp³-hybridized carbons (Fsp3) is 1.00. The smallest absolute Gasteiger partial charge is 0.179 e. The predicted molar refractivity (Wildman–Crippen MR) is 38.3 cm³/mol. The van der Waals surface area contributed by atoms with E-state index in [9.17, 15) is 13.5 Å². The Kier molecular flexibility index (Phi) is 1.76. The summed E-state index contributed by atoms with van der Waals surface area (Å²) in [6.45, 7) is 1.38. The van der Waals surface area contributed by atoms with Gasteiger partial charge in [0.1, 0.15) is 0 Å². The Morgan fingerprint density at radius 2 is 2.00 bits per heavy atom. The zero-order valence-electron chi connectivity index (χ0n) is 6.00. The van der Waals surface area contributed by atoms with Gasteiger partial charge in [0.2, 0.25) is 0 Å². The van der Waals surface area contributed by atoms with Crippen molar-refractivity contribution in [2.75, 3.05) is 5.75 Å². The third-order valence-corrected chi connectivity index (χ3v) is 4.34. The van der Waals surface area contributed by atoms with Crippen LogP contribution in [0.4, 0.5) is 0 Å². The molecule has 1 aliphatic rings. The zero-order chi connectivity index (χ0) is 7.83. The van der Waals surface area contributed by atoms with Crippen LogP contribution in [0, 0.1) is 0 Å². The van der Waals surface area contributed by atoms with Gasteiger partial charge >= 0.3 is 0 Å². The van der Waals surface area contributed by atoms with Gasteiger partial charge in [-0.25, -0.2) is 8.42 Å². The van der Waals surface area contributed by atoms with Gasteiger partial charge in [-0.1, -0.05) is 0 Å². The van der Waals surface area contributed by atoms with Crippen molar-refractivity contribution < 1.29 is 13.5 Å². The van der Waals surface area contributed by atoms with Crippen molar-refractivity contribution in [3.05, 3.63) is 0 Å². The first kappa shape index (κ1) is 8.01. The van der Waals surface area contributed by atoms with Crippen LogP contribution in [0.15, 0.2) is 0 Å². The molecule has 1 atom stereocenters. The SMILES string of the molecule is CC1(O)CCCCS1(=O)=O. The average molecular weight is 164 g/mol. The molecule has 1 N–H and O–H groups in total. The van der Waals surface area contributed by atoms with Gasteiger partial charge in [-0.3, -0.25) is 0 Å². The van der Waals surface area contributed by atoms with Crippen LogP contribution in [0.5, 0.6) is 0 Å². The first-order valence-corrected chi connectivity index (χ1v) is 5.06. The Labute approximate surface area is 61.0 Å². The summed E-state index contributed by atoms with van der Waals surface area (Å²) in [6.07, 6.45) is 1.89. The maximum absolute atomic E-state index is 11.1. The summed E-state index contributed by atoms with van der Waals surface area (Å²) in [5.41, 5.74) is 0. The molecule has 3 nitrogen and oxygen atoms in total. The van der Waals surface area contributed by atoms with Crippen molar-refractivity contribution in [2.24, 2.45) is 0 Å². The van der Waals surface area contributed by atoms with E-state index >= 15 is 0 Å². The van der Waals surface area contributed by atoms with Gasteiger partial charge in [0.15, 0.2) is 14.8 Å². The van der Waals surface area contributed by atoms with Crippen LogP contribution in [0.3, 0.4) is 0 Å². The lowest BCUT2D eigenvalue weighted by molar-refractivity contribution is 0.126. The largest absolute Gasteiger partial charge is 0.375 e. The predicted octanol–water partition coefficient (Wildman–Crippen LogP) is 0.294. The number of rotatable bonds is 0. The van der Waals surface area contributed by atoms with Crippen LogP contribution in [-0.4, -0.2) is 24.2 Å². The van der Waals surface area contributed by atoms with E-state index in [1.54, 1.807) is 0 Å². The number of sulfone groups is 1. The standard InChI is InChI=1S/C6H12O3S/c1-6(7)4-2-3-5-10(6,8)9/h7H,2-5H2,1H3. The van der Waals surface area contributed by atoms with Gasteiger partial charge in [0.25, 0.3) is 0 Å². The molecule has 0 amide bonds. The molecular weight excluding hydrogens is 152 g/mol. The molecule has 1 unspecified atom stereocenters. The van der Waals surface area contributed by atoms with Crippen molar-refractivity contribution >= 4 is 9.84 Å². The molecule has 1 saturated heterocycles. The summed E-state index contributed by atoms with van der Waals surface area (Å²) in [4.78, 5) is -1.45. The summed E-state index contributed by atoms with van der Waals surface area (Å²) in [7, 11) is -3.21. The monoisotopic (exact) mass is 164 g/mol. The Bertz CT molecular complexity index is 215. The third-order valence-electron chi connectivity index (χ3n) is 1.97. The van der Waals surface area contributed by atoms with E-state index in [2.05, 4.69) is 0 Å². The average Bonchev–Trinajstić information content (AvgIpc) is 1.77. The second-order valence-corrected chi connectivity index (χ2v) is 5.47. The molecule has 0 aromatic rings. The molecule has 0 aliphatic carbocycles. The van der Waals surface area contributed by atoms with Crippen molar-refractivity contribution in [3.63, 3.8) is 0 Å². The van der Waals surface area contributed by atoms with E-state index in [1.807, 2.05) is 0 Å². The molecule has 1 fully saturated rings. The Balaban J connectivity index is 2.92. The topological polar surface area (TPSA) is 54.4 Å². The fourth-order valence-electron chi connectivity index (χ4n) is 1.12. The van der Waals surface area contributed by atoms with Gasteiger partial charge in [-0.2, -0.15) is 0 Å². The lowest BCUT2D eigenvalue weighted by Gasteiger charge is -2.27. The summed E-state index contributed by atoms with van der Waals surface area (Å²) < 4.78 is 22.1. The summed E-state index contributed by atoms with van der Waals surface area (Å²) >= 11 is 0. The molecular formula is C6H12O3S. The van der Waals surface area contributed by atoms with Gasteiger partial charge in [-0.05, 0) is 26.2 Å². The maximum Gasteiger partial charge on any atom is 0.179 e. The first-order valence-electron chi connectivity index (χ1n) is 3.40. The van der Waals surface area contributed by atoms with E-state index in [0.29, 0.717) is 12.8 Å². The molecule has 10 heavy (non-hydrogen) atoms. The highest BCUT2D eigenvalue weighted by molar-refractivity contribution is 7.92. The normalized spacial score (nSPS) is 39.4. The van der Waals surface area contributed by atoms with Crippen LogP contribution >= 0.6 is 0 Å². The van der Waals surface area contributed by atoms with Crippen LogP contribution in [0.25, 0.3) is 0 Å². The number of hydrogen-bond donors (Lipinski definition) is 1. The molecule has 0 radical (unpaired) electrons. The van der Waals surface area contributed by atoms with E-state index in [0.717, 1.165) is 6.42 Å². The van der Waals surface area contributed by atoms with Crippen LogP contribution in [0.1, 0.15) is 26.2 Å². The molecule has 1 aliphatic heterocycles. The van der Waals surface area contributed by atoms with Gasteiger partial charge in [-0.15, -0.1) is 0 Å². The Morgan fingerprint density at radius 1 is 1.40 bits per heavy atom. The molecule has 60 valence electrons. The molecule has 0 aromatic carbocycles. The van der Waals surface area contributed by atoms with Gasteiger partial charge in [0.05, 0.1) is 5.75 Å². The van der Waals surface area contributed by atoms with E-state index in [-0.39, 0.29) is 5.75 Å². The van der Waals surface area contributed by atoms with E-state index in [1.165, 1.54) is 6.92 Å². The third kappa shape index (κ3) is 1.18. The zero-order valence-corrected chi connectivity index (χ0v) is 6.82. The van der Waals surface area contributed by atoms with Crippen LogP contribution in [-0.2, 0) is 9.84 Å². The lowest BCUT2D eigenvalue weighted by atomic mass is 10.2. The molecule has 0 bridgehead atoms. The highest BCUT2D eigenvalue weighted by Gasteiger charge is 2.38. The molecule has 4 heteroatoms. The van der Waals surface area contributed by atoms with Crippen molar-refractivity contribution in [1.82, 2.24) is 0 Å². The van der Waals surface area contributed by atoms with Crippen molar-refractivity contribution in [3.8, 4) is 0 Å². The van der Waals surface area contributed by atoms with E-state index < -0.39 is 14.8 Å². The Morgan fingerprint density at radius 3 is 2.30 bits per heavy atom.